The number of rotatable bonds is 2. The predicted molar refractivity (Wildman–Crippen MR) is 42.2 cm³/mol. The van der Waals surface area contributed by atoms with Crippen molar-refractivity contribution in [1.29, 1.82) is 0 Å². The maximum absolute atomic E-state index is 8.83. The van der Waals surface area contributed by atoms with Gasteiger partial charge >= 0.3 is 0 Å². The molecule has 1 saturated heterocycles. The molecule has 1 fully saturated rings. The Morgan fingerprint density at radius 2 is 2.40 bits per heavy atom. The Morgan fingerprint density at radius 3 is 2.90 bits per heavy atom. The van der Waals surface area contributed by atoms with Crippen LogP contribution in [0.4, 0.5) is 0 Å². The second-order valence-corrected chi connectivity index (χ2v) is 3.76. The lowest BCUT2D eigenvalue weighted by Crippen LogP contribution is -2.38. The summed E-state index contributed by atoms with van der Waals surface area (Å²) in [6.45, 7) is 1.40. The second kappa shape index (κ2) is 4.36. The van der Waals surface area contributed by atoms with Crippen molar-refractivity contribution in [3.8, 4) is 0 Å². The third-order valence-corrected chi connectivity index (χ3v) is 2.75. The fourth-order valence-electron chi connectivity index (χ4n) is 1.37. The lowest BCUT2D eigenvalue weighted by atomic mass is 10.0. The van der Waals surface area contributed by atoms with Gasteiger partial charge in [0, 0.05) is 6.61 Å². The Balaban J connectivity index is 2.24. The van der Waals surface area contributed by atoms with Gasteiger partial charge in [0.2, 0.25) is 0 Å². The number of nitrogens with one attached hydrogen (secondary N) is 1. The van der Waals surface area contributed by atoms with E-state index in [0.717, 1.165) is 6.54 Å². The van der Waals surface area contributed by atoms with Gasteiger partial charge < -0.3 is 10.4 Å². The van der Waals surface area contributed by atoms with Gasteiger partial charge in [-0.2, -0.15) is 0 Å². The largest absolute Gasteiger partial charge is 0.397 e. The van der Waals surface area contributed by atoms with Gasteiger partial charge in [-0.15, -0.1) is 0 Å². The van der Waals surface area contributed by atoms with Crippen LogP contribution in [-0.4, -0.2) is 40.6 Å². The number of aliphatic hydroxyl groups is 1. The van der Waals surface area contributed by atoms with Crippen molar-refractivity contribution in [3.63, 3.8) is 0 Å². The molecule has 3 heteroatoms. The van der Waals surface area contributed by atoms with Gasteiger partial charge in [0.05, 0.1) is 0 Å². The summed E-state index contributed by atoms with van der Waals surface area (Å²) in [4.78, 5) is 0. The van der Waals surface area contributed by atoms with Gasteiger partial charge in [0.25, 0.3) is 0 Å². The SMILES string of the molecule is OC[CH]([Al])C1CCCCN1. The molecule has 0 spiro atoms. The zero-order valence-electron chi connectivity index (χ0n) is 6.21. The Morgan fingerprint density at radius 1 is 1.60 bits per heavy atom. The molecule has 1 rings (SSSR count). The molecule has 2 nitrogen and oxygen atoms in total. The quantitative estimate of drug-likeness (QED) is 0.553. The molecule has 10 heavy (non-hydrogen) atoms. The van der Waals surface area contributed by atoms with Gasteiger partial charge in [-0.25, -0.2) is 0 Å². The van der Waals surface area contributed by atoms with Gasteiger partial charge in [-0.3, -0.25) is 0 Å². The summed E-state index contributed by atoms with van der Waals surface area (Å²) in [6.07, 6.45) is 3.82. The number of aliphatic hydroxyl groups excluding tert-OH is 1. The van der Waals surface area contributed by atoms with Gasteiger partial charge in [0.1, 0.15) is 16.3 Å². The van der Waals surface area contributed by atoms with Crippen LogP contribution in [0, 0.1) is 0 Å². The third-order valence-electron chi connectivity index (χ3n) is 2.08. The molecule has 1 aliphatic heterocycles. The van der Waals surface area contributed by atoms with Crippen molar-refractivity contribution in [2.45, 2.75) is 30.1 Å². The smallest absolute Gasteiger partial charge is 0.130 e. The summed E-state index contributed by atoms with van der Waals surface area (Å²) >= 11 is 2.69. The van der Waals surface area contributed by atoms with Crippen molar-refractivity contribution in [3.05, 3.63) is 0 Å². The zero-order valence-corrected chi connectivity index (χ0v) is 7.37. The summed E-state index contributed by atoms with van der Waals surface area (Å²) in [5.74, 6) is 0. The minimum Gasteiger partial charge on any atom is -0.397 e. The average Bonchev–Trinajstić information content (AvgIpc) is 2.05. The molecule has 2 atom stereocenters. The minimum atomic E-state index is 0.280. The van der Waals surface area contributed by atoms with Crippen molar-refractivity contribution in [2.24, 2.45) is 0 Å². The molecule has 0 amide bonds. The van der Waals surface area contributed by atoms with Crippen LogP contribution in [-0.2, 0) is 0 Å². The highest BCUT2D eigenvalue weighted by atomic mass is 27.0. The van der Waals surface area contributed by atoms with Crippen LogP contribution < -0.4 is 5.32 Å². The Kier molecular flexibility index (Phi) is 3.72. The Labute approximate surface area is 70.4 Å². The van der Waals surface area contributed by atoms with E-state index in [1.54, 1.807) is 0 Å². The first-order valence-corrected chi connectivity index (χ1v) is 4.61. The van der Waals surface area contributed by atoms with Gasteiger partial charge in [-0.1, -0.05) is 11.2 Å². The van der Waals surface area contributed by atoms with E-state index < -0.39 is 0 Å². The predicted octanol–water partition coefficient (Wildman–Crippen LogP) is 0.0778. The van der Waals surface area contributed by atoms with Crippen LogP contribution in [0.15, 0.2) is 0 Å². The molecule has 1 aliphatic rings. The monoisotopic (exact) mass is 155 g/mol. The molecule has 0 aromatic carbocycles. The molecule has 56 valence electrons. The van der Waals surface area contributed by atoms with E-state index in [4.69, 9.17) is 5.11 Å². The maximum atomic E-state index is 8.83. The molecule has 0 saturated carbocycles. The Hall–Kier alpha value is 0.452. The standard InChI is InChI=1S/C7H14NO.Al/c9-6-4-7-3-1-2-5-8-7;/h4,7-9H,1-3,5-6H2;. The topological polar surface area (TPSA) is 32.3 Å². The molecule has 1 heterocycles. The lowest BCUT2D eigenvalue weighted by molar-refractivity contribution is 0.251. The van der Waals surface area contributed by atoms with E-state index in [0.29, 0.717) is 10.8 Å². The molecule has 2 unspecified atom stereocenters. The zero-order chi connectivity index (χ0) is 7.40. The van der Waals surface area contributed by atoms with Crippen LogP contribution >= 0.6 is 0 Å². The molecular weight excluding hydrogens is 141 g/mol. The second-order valence-electron chi connectivity index (χ2n) is 2.90. The highest BCUT2D eigenvalue weighted by molar-refractivity contribution is 6.12. The molecular formula is C7H14AlNO. The number of hydrogen-bond donors (Lipinski definition) is 2. The highest BCUT2D eigenvalue weighted by Crippen LogP contribution is 2.15. The summed E-state index contributed by atoms with van der Waals surface area (Å²) in [6, 6.07) is 0.531. The molecule has 0 bridgehead atoms. The molecule has 2 radical (unpaired) electrons. The van der Waals surface area contributed by atoms with E-state index in [1.165, 1.54) is 19.3 Å². The molecule has 0 aromatic rings. The van der Waals surface area contributed by atoms with Gasteiger partial charge in [-0.05, 0) is 25.4 Å². The first-order chi connectivity index (χ1) is 4.84. The van der Waals surface area contributed by atoms with E-state index in [2.05, 4.69) is 21.6 Å². The van der Waals surface area contributed by atoms with Crippen molar-refractivity contribution >= 4 is 16.3 Å². The maximum Gasteiger partial charge on any atom is 0.130 e. The van der Waals surface area contributed by atoms with Crippen LogP contribution in [0.3, 0.4) is 0 Å². The van der Waals surface area contributed by atoms with Crippen LogP contribution in [0.25, 0.3) is 0 Å². The van der Waals surface area contributed by atoms with Crippen molar-refractivity contribution in [1.82, 2.24) is 5.32 Å². The summed E-state index contributed by atoms with van der Waals surface area (Å²) in [5, 5.41) is 12.2. The molecule has 0 aromatic heterocycles. The van der Waals surface area contributed by atoms with Crippen LogP contribution in [0.1, 0.15) is 19.3 Å². The minimum absolute atomic E-state index is 0.280. The fraction of sp³-hybridized carbons (Fsp3) is 1.00. The summed E-state index contributed by atoms with van der Waals surface area (Å²) in [5.41, 5.74) is 0. The Bertz CT molecular complexity index is 93.6. The normalized spacial score (nSPS) is 29.9. The number of piperidine rings is 1. The first kappa shape index (κ1) is 8.55. The first-order valence-electron chi connectivity index (χ1n) is 3.94. The van der Waals surface area contributed by atoms with Crippen LogP contribution in [0.5, 0.6) is 0 Å². The van der Waals surface area contributed by atoms with Crippen molar-refractivity contribution < 1.29 is 5.11 Å². The van der Waals surface area contributed by atoms with E-state index in [9.17, 15) is 0 Å². The third kappa shape index (κ3) is 2.25. The highest BCUT2D eigenvalue weighted by Gasteiger charge is 2.16. The average molecular weight is 155 g/mol. The van der Waals surface area contributed by atoms with E-state index in [-0.39, 0.29) is 6.61 Å². The fourth-order valence-corrected chi connectivity index (χ4v) is 1.70. The van der Waals surface area contributed by atoms with E-state index >= 15 is 0 Å². The number of hydrogen-bond acceptors (Lipinski definition) is 2. The molecule has 0 aliphatic carbocycles. The summed E-state index contributed by atoms with van der Waals surface area (Å²) < 4.78 is 0.347. The summed E-state index contributed by atoms with van der Waals surface area (Å²) in [7, 11) is 0. The van der Waals surface area contributed by atoms with Gasteiger partial charge in [0.15, 0.2) is 0 Å². The van der Waals surface area contributed by atoms with Crippen molar-refractivity contribution in [2.75, 3.05) is 13.2 Å². The van der Waals surface area contributed by atoms with E-state index in [1.807, 2.05) is 0 Å². The van der Waals surface area contributed by atoms with Crippen LogP contribution in [0.2, 0.25) is 4.78 Å². The lowest BCUT2D eigenvalue weighted by Gasteiger charge is -2.28. The molecule has 2 N–H and O–H groups in total.